The lowest BCUT2D eigenvalue weighted by Gasteiger charge is -2.16. The molecule has 0 fully saturated rings. The topological polar surface area (TPSA) is 71.1 Å². The molecule has 2 N–H and O–H groups in total. The van der Waals surface area contributed by atoms with Crippen molar-refractivity contribution in [3.63, 3.8) is 0 Å². The summed E-state index contributed by atoms with van der Waals surface area (Å²) in [5, 5.41) is 8.01. The van der Waals surface area contributed by atoms with Gasteiger partial charge < -0.3 is 10.6 Å². The van der Waals surface area contributed by atoms with E-state index in [-0.39, 0.29) is 11.8 Å². The fraction of sp³-hybridized carbons (Fsp3) is 0.207. The molecule has 0 aliphatic heterocycles. The fourth-order valence-electron chi connectivity index (χ4n) is 3.57. The van der Waals surface area contributed by atoms with E-state index < -0.39 is 5.25 Å². The number of anilines is 2. The second-order valence-electron chi connectivity index (χ2n) is 8.48. The Bertz CT molecular complexity index is 1290. The quantitative estimate of drug-likeness (QED) is 0.212. The molecule has 1 atom stereocenters. The average Bonchev–Trinajstić information content (AvgIpc) is 3.36. The van der Waals surface area contributed by atoms with E-state index in [0.29, 0.717) is 11.6 Å². The first-order chi connectivity index (χ1) is 17.5. The molecule has 0 radical (unpaired) electrons. The van der Waals surface area contributed by atoms with Crippen LogP contribution in [0, 0.1) is 6.92 Å². The van der Waals surface area contributed by atoms with Crippen LogP contribution in [-0.4, -0.2) is 16.8 Å². The molecule has 7 heteroatoms. The maximum Gasteiger partial charge on any atom is 0.244 e. The van der Waals surface area contributed by atoms with E-state index in [1.807, 2.05) is 72.1 Å². The molecule has 0 aliphatic rings. The maximum atomic E-state index is 13.4. The van der Waals surface area contributed by atoms with Crippen LogP contribution in [0.3, 0.4) is 0 Å². The smallest absolute Gasteiger partial charge is 0.244 e. The van der Waals surface area contributed by atoms with Gasteiger partial charge in [0, 0.05) is 27.9 Å². The molecule has 0 saturated heterocycles. The Morgan fingerprint density at radius 1 is 0.944 bits per heavy atom. The van der Waals surface area contributed by atoms with Gasteiger partial charge in [-0.15, -0.1) is 23.1 Å². The van der Waals surface area contributed by atoms with Crippen LogP contribution < -0.4 is 10.6 Å². The number of carbonyl (C=O) groups excluding carboxylic acids is 2. The standard InChI is InChI=1S/C29H29N3O2S2/c1-3-4-10-26(33)30-23-15-17-24(18-16-23)36-27(22-8-6-5-7-9-22)28(34)32-29-31-25(19-35-29)21-13-11-20(2)12-14-21/h5-9,11-19,27H,3-4,10H2,1-2H3,(H,30,33)(H,31,32,34). The minimum atomic E-state index is -0.456. The molecule has 0 aliphatic carbocycles. The highest BCUT2D eigenvalue weighted by atomic mass is 32.2. The summed E-state index contributed by atoms with van der Waals surface area (Å²) in [6.07, 6.45) is 2.38. The number of amides is 2. The van der Waals surface area contributed by atoms with Gasteiger partial charge in [-0.2, -0.15) is 0 Å². The van der Waals surface area contributed by atoms with E-state index >= 15 is 0 Å². The lowest BCUT2D eigenvalue weighted by atomic mass is 10.1. The van der Waals surface area contributed by atoms with Crippen LogP contribution in [0.4, 0.5) is 10.8 Å². The number of nitrogens with one attached hydrogen (secondary N) is 2. The monoisotopic (exact) mass is 515 g/mol. The van der Waals surface area contributed by atoms with E-state index in [0.717, 1.165) is 40.2 Å². The van der Waals surface area contributed by atoms with Crippen molar-refractivity contribution in [3.8, 4) is 11.3 Å². The molecule has 0 bridgehead atoms. The normalized spacial score (nSPS) is 11.6. The maximum absolute atomic E-state index is 13.4. The second kappa shape index (κ2) is 12.5. The largest absolute Gasteiger partial charge is 0.326 e. The van der Waals surface area contributed by atoms with E-state index in [4.69, 9.17) is 0 Å². The Hall–Kier alpha value is -3.42. The molecular weight excluding hydrogens is 486 g/mol. The van der Waals surface area contributed by atoms with Crippen LogP contribution in [0.25, 0.3) is 11.3 Å². The summed E-state index contributed by atoms with van der Waals surface area (Å²) in [6, 6.07) is 25.5. The second-order valence-corrected chi connectivity index (χ2v) is 10.5. The van der Waals surface area contributed by atoms with Crippen LogP contribution in [-0.2, 0) is 9.59 Å². The first-order valence-electron chi connectivity index (χ1n) is 12.0. The predicted molar refractivity (Wildman–Crippen MR) is 151 cm³/mol. The van der Waals surface area contributed by atoms with Crippen molar-refractivity contribution >= 4 is 45.7 Å². The zero-order valence-corrected chi connectivity index (χ0v) is 22.0. The summed E-state index contributed by atoms with van der Waals surface area (Å²) in [5.41, 5.74) is 4.72. The van der Waals surface area contributed by atoms with Crippen molar-refractivity contribution in [2.75, 3.05) is 10.6 Å². The van der Waals surface area contributed by atoms with Gasteiger partial charge in [-0.05, 0) is 43.2 Å². The lowest BCUT2D eigenvalue weighted by molar-refractivity contribution is -0.116. The number of thioether (sulfide) groups is 1. The third-order valence-corrected chi connectivity index (χ3v) is 7.60. The van der Waals surface area contributed by atoms with Crippen molar-refractivity contribution < 1.29 is 9.59 Å². The summed E-state index contributed by atoms with van der Waals surface area (Å²) in [5.74, 6) is -0.111. The third-order valence-electron chi connectivity index (χ3n) is 5.57. The van der Waals surface area contributed by atoms with Gasteiger partial charge in [-0.1, -0.05) is 73.5 Å². The van der Waals surface area contributed by atoms with E-state index in [9.17, 15) is 9.59 Å². The van der Waals surface area contributed by atoms with E-state index in [2.05, 4.69) is 41.6 Å². The summed E-state index contributed by atoms with van der Waals surface area (Å²) in [7, 11) is 0. The minimum Gasteiger partial charge on any atom is -0.326 e. The summed E-state index contributed by atoms with van der Waals surface area (Å²) in [6.45, 7) is 4.12. The molecule has 5 nitrogen and oxygen atoms in total. The van der Waals surface area contributed by atoms with Gasteiger partial charge in [0.15, 0.2) is 5.13 Å². The molecule has 1 unspecified atom stereocenters. The first kappa shape index (κ1) is 25.7. The number of thiazole rings is 1. The zero-order chi connectivity index (χ0) is 25.3. The molecule has 0 spiro atoms. The number of carbonyl (C=O) groups is 2. The highest BCUT2D eigenvalue weighted by molar-refractivity contribution is 8.00. The van der Waals surface area contributed by atoms with Crippen LogP contribution in [0.5, 0.6) is 0 Å². The zero-order valence-electron chi connectivity index (χ0n) is 20.4. The number of rotatable bonds is 10. The first-order valence-corrected chi connectivity index (χ1v) is 13.7. The fourth-order valence-corrected chi connectivity index (χ4v) is 5.32. The van der Waals surface area contributed by atoms with Gasteiger partial charge in [0.05, 0.1) is 5.69 Å². The minimum absolute atomic E-state index is 0.0206. The average molecular weight is 516 g/mol. The van der Waals surface area contributed by atoms with Crippen LogP contribution in [0.1, 0.15) is 42.6 Å². The number of unbranched alkanes of at least 4 members (excludes halogenated alkanes) is 1. The van der Waals surface area contributed by atoms with Crippen molar-refractivity contribution in [3.05, 3.63) is 95.4 Å². The molecule has 4 rings (SSSR count). The van der Waals surface area contributed by atoms with E-state index in [1.54, 1.807) is 0 Å². The number of hydrogen-bond donors (Lipinski definition) is 2. The Morgan fingerprint density at radius 2 is 1.67 bits per heavy atom. The van der Waals surface area contributed by atoms with Crippen LogP contribution in [0.2, 0.25) is 0 Å². The van der Waals surface area contributed by atoms with Gasteiger partial charge in [-0.25, -0.2) is 4.98 Å². The molecular formula is C29H29N3O2S2. The molecule has 4 aromatic rings. The number of benzene rings is 3. The molecule has 36 heavy (non-hydrogen) atoms. The number of nitrogens with zero attached hydrogens (tertiary/aromatic N) is 1. The van der Waals surface area contributed by atoms with Crippen LogP contribution >= 0.6 is 23.1 Å². The van der Waals surface area contributed by atoms with Crippen molar-refractivity contribution in [1.82, 2.24) is 4.98 Å². The Morgan fingerprint density at radius 3 is 2.36 bits per heavy atom. The Labute approximate surface area is 220 Å². The van der Waals surface area contributed by atoms with Crippen molar-refractivity contribution in [1.29, 1.82) is 0 Å². The van der Waals surface area contributed by atoms with Gasteiger partial charge in [0.25, 0.3) is 0 Å². The predicted octanol–water partition coefficient (Wildman–Crippen LogP) is 7.72. The molecule has 184 valence electrons. The van der Waals surface area contributed by atoms with Gasteiger partial charge in [0.1, 0.15) is 5.25 Å². The SMILES string of the molecule is CCCCC(=O)Nc1ccc(SC(C(=O)Nc2nc(-c3ccc(C)cc3)cs2)c2ccccc2)cc1. The van der Waals surface area contributed by atoms with Crippen molar-refractivity contribution in [2.45, 2.75) is 43.3 Å². The van der Waals surface area contributed by atoms with Crippen LogP contribution in [0.15, 0.2) is 89.1 Å². The van der Waals surface area contributed by atoms with Gasteiger partial charge in [-0.3, -0.25) is 9.59 Å². The third kappa shape index (κ3) is 7.06. The molecule has 0 saturated carbocycles. The number of aryl methyl sites for hydroxylation is 1. The van der Waals surface area contributed by atoms with E-state index in [1.165, 1.54) is 28.7 Å². The Balaban J connectivity index is 1.47. The summed E-state index contributed by atoms with van der Waals surface area (Å²) >= 11 is 2.88. The van der Waals surface area contributed by atoms with Crippen molar-refractivity contribution in [2.24, 2.45) is 0 Å². The molecule has 1 aromatic heterocycles. The molecule has 1 heterocycles. The highest BCUT2D eigenvalue weighted by Crippen LogP contribution is 2.37. The van der Waals surface area contributed by atoms with Gasteiger partial charge >= 0.3 is 0 Å². The summed E-state index contributed by atoms with van der Waals surface area (Å²) in [4.78, 5) is 31.0. The Kier molecular flexibility index (Phi) is 8.92. The van der Waals surface area contributed by atoms with Gasteiger partial charge in [0.2, 0.25) is 11.8 Å². The molecule has 3 aromatic carbocycles. The highest BCUT2D eigenvalue weighted by Gasteiger charge is 2.23. The number of hydrogen-bond acceptors (Lipinski definition) is 5. The lowest BCUT2D eigenvalue weighted by Crippen LogP contribution is -2.19. The number of aromatic nitrogens is 1. The molecule has 2 amide bonds. The summed E-state index contributed by atoms with van der Waals surface area (Å²) < 4.78 is 0.